The van der Waals surface area contributed by atoms with Crippen molar-refractivity contribution in [3.8, 4) is 5.75 Å². The molecule has 5 nitrogen and oxygen atoms in total. The average molecular weight is 503 g/mol. The third-order valence-electron chi connectivity index (χ3n) is 6.89. The first-order valence-electron chi connectivity index (χ1n) is 12.4. The zero-order valence-electron chi connectivity index (χ0n) is 20.4. The summed E-state index contributed by atoms with van der Waals surface area (Å²) in [6.45, 7) is 2.30. The van der Waals surface area contributed by atoms with E-state index in [1.54, 1.807) is 12.1 Å². The Hall–Kier alpha value is -3.97. The molecule has 0 bridgehead atoms. The lowest BCUT2D eigenvalue weighted by Crippen LogP contribution is -2.16. The van der Waals surface area contributed by atoms with Crippen molar-refractivity contribution >= 4 is 28.9 Å². The number of nitrogens with one attached hydrogen (secondary N) is 2. The molecule has 3 aromatic carbocycles. The molecule has 2 aliphatic rings. The van der Waals surface area contributed by atoms with Crippen molar-refractivity contribution in [3.63, 3.8) is 0 Å². The maximum absolute atomic E-state index is 15.6. The van der Waals surface area contributed by atoms with Crippen molar-refractivity contribution in [1.82, 2.24) is 5.43 Å². The molecule has 0 spiro atoms. The molecule has 190 valence electrons. The van der Waals surface area contributed by atoms with Crippen LogP contribution in [0.1, 0.15) is 60.3 Å². The van der Waals surface area contributed by atoms with E-state index in [1.165, 1.54) is 12.1 Å². The van der Waals surface area contributed by atoms with E-state index in [4.69, 9.17) is 9.84 Å². The van der Waals surface area contributed by atoms with Crippen LogP contribution in [0.15, 0.2) is 66.7 Å². The van der Waals surface area contributed by atoms with Crippen molar-refractivity contribution in [1.29, 1.82) is 0 Å². The zero-order valence-corrected chi connectivity index (χ0v) is 20.4. The fourth-order valence-corrected chi connectivity index (χ4v) is 4.89. The second kappa shape index (κ2) is 10.6. The van der Waals surface area contributed by atoms with Gasteiger partial charge in [0.15, 0.2) is 6.30 Å². The largest absolute Gasteiger partial charge is 0.494 e. The summed E-state index contributed by atoms with van der Waals surface area (Å²) in [6.07, 6.45) is 4.19. The number of halogens is 2. The summed E-state index contributed by atoms with van der Waals surface area (Å²) in [6, 6.07) is 18.0. The van der Waals surface area contributed by atoms with Gasteiger partial charge in [-0.15, -0.1) is 0 Å². The molecule has 0 radical (unpaired) electrons. The summed E-state index contributed by atoms with van der Waals surface area (Å²) < 4.78 is 35.7. The summed E-state index contributed by atoms with van der Waals surface area (Å²) in [4.78, 5) is 10.9. The zero-order chi connectivity index (χ0) is 25.9. The Morgan fingerprint density at radius 1 is 1.08 bits per heavy atom. The number of hydrazine groups is 1. The Morgan fingerprint density at radius 3 is 2.49 bits per heavy atom. The van der Waals surface area contributed by atoms with Gasteiger partial charge in [0, 0.05) is 23.3 Å². The van der Waals surface area contributed by atoms with E-state index in [9.17, 15) is 9.18 Å². The number of allylic oxidation sites excluding steroid dienone is 1. The van der Waals surface area contributed by atoms with E-state index in [0.717, 1.165) is 53.2 Å². The number of alkyl halides is 1. The lowest BCUT2D eigenvalue weighted by atomic mass is 9.73. The Balaban J connectivity index is 1.71. The predicted molar refractivity (Wildman–Crippen MR) is 141 cm³/mol. The number of anilines is 1. The Kier molecular flexibility index (Phi) is 7.06. The SMILES string of the molecule is CCOc1ccc(/C(=C(\c2ccc(/C=C/C(=O)O)cc2)c2ccc3c(c2)C(F)NN3)C2CCC2)c(F)c1. The summed E-state index contributed by atoms with van der Waals surface area (Å²) >= 11 is 0. The molecule has 0 amide bonds. The number of hydrogen-bond donors (Lipinski definition) is 3. The highest BCUT2D eigenvalue weighted by molar-refractivity contribution is 6.00. The molecule has 1 heterocycles. The molecule has 0 aromatic heterocycles. The molecule has 0 saturated heterocycles. The average Bonchev–Trinajstić information content (AvgIpc) is 3.22. The van der Waals surface area contributed by atoms with E-state index in [2.05, 4.69) is 10.9 Å². The van der Waals surface area contributed by atoms with Crippen molar-refractivity contribution in [2.24, 2.45) is 5.92 Å². The minimum atomic E-state index is -1.35. The first-order valence-corrected chi connectivity index (χ1v) is 12.4. The summed E-state index contributed by atoms with van der Waals surface area (Å²) in [5.41, 5.74) is 11.2. The number of carboxylic acids is 1. The summed E-state index contributed by atoms with van der Waals surface area (Å²) in [5, 5.41) is 8.96. The third-order valence-corrected chi connectivity index (χ3v) is 6.89. The molecular formula is C30H28F2N2O3. The molecule has 1 aliphatic heterocycles. The topological polar surface area (TPSA) is 70.6 Å². The fraction of sp³-hybridized carbons (Fsp3) is 0.233. The monoisotopic (exact) mass is 502 g/mol. The van der Waals surface area contributed by atoms with Gasteiger partial charge in [0.1, 0.15) is 11.6 Å². The van der Waals surface area contributed by atoms with E-state index >= 15 is 4.39 Å². The molecule has 1 aliphatic carbocycles. The maximum Gasteiger partial charge on any atom is 0.328 e. The number of hydrogen-bond acceptors (Lipinski definition) is 4. The van der Waals surface area contributed by atoms with Crippen LogP contribution >= 0.6 is 0 Å². The number of benzene rings is 3. The predicted octanol–water partition coefficient (Wildman–Crippen LogP) is 6.98. The standard InChI is InChI=1S/C30H28F2N2O3/c1-2-37-22-12-13-23(25(31)17-22)29(19-4-3-5-19)28(20-9-6-18(7-10-20)8-15-27(35)36)21-11-14-26-24(16-21)30(32)34-33-26/h6-17,19,30,33-34H,2-5H2,1H3,(H,35,36)/b15-8+,29-28+. The molecule has 37 heavy (non-hydrogen) atoms. The lowest BCUT2D eigenvalue weighted by molar-refractivity contribution is -0.131. The molecule has 7 heteroatoms. The van der Waals surface area contributed by atoms with E-state index in [-0.39, 0.29) is 11.7 Å². The number of fused-ring (bicyclic) bond motifs is 1. The van der Waals surface area contributed by atoms with Gasteiger partial charge in [-0.1, -0.05) is 36.8 Å². The van der Waals surface area contributed by atoms with Crippen LogP contribution in [-0.4, -0.2) is 17.7 Å². The second-order valence-electron chi connectivity index (χ2n) is 9.22. The first kappa shape index (κ1) is 24.7. The molecular weight excluding hydrogens is 474 g/mol. The van der Waals surface area contributed by atoms with Gasteiger partial charge in [0.2, 0.25) is 0 Å². The van der Waals surface area contributed by atoms with Gasteiger partial charge in [-0.2, -0.15) is 0 Å². The Labute approximate surface area is 214 Å². The molecule has 1 fully saturated rings. The molecule has 3 N–H and O–H groups in total. The quantitative estimate of drug-likeness (QED) is 0.176. The van der Waals surface area contributed by atoms with Crippen LogP contribution in [0.3, 0.4) is 0 Å². The Morgan fingerprint density at radius 2 is 1.84 bits per heavy atom. The highest BCUT2D eigenvalue weighted by Gasteiger charge is 2.30. The maximum atomic E-state index is 15.6. The van der Waals surface area contributed by atoms with Gasteiger partial charge in [-0.25, -0.2) is 19.0 Å². The van der Waals surface area contributed by atoms with Gasteiger partial charge >= 0.3 is 5.97 Å². The summed E-state index contributed by atoms with van der Waals surface area (Å²) in [5.74, 6) is -0.759. The normalized spacial score (nSPS) is 17.6. The highest BCUT2D eigenvalue weighted by Crippen LogP contribution is 2.47. The van der Waals surface area contributed by atoms with Crippen LogP contribution < -0.4 is 15.6 Å². The van der Waals surface area contributed by atoms with Crippen molar-refractivity contribution < 1.29 is 23.4 Å². The minimum Gasteiger partial charge on any atom is -0.494 e. The van der Waals surface area contributed by atoms with Gasteiger partial charge in [0.05, 0.1) is 12.3 Å². The highest BCUT2D eigenvalue weighted by atomic mass is 19.1. The number of aliphatic carboxylic acids is 1. The van der Waals surface area contributed by atoms with Gasteiger partial charge in [-0.3, -0.25) is 0 Å². The molecule has 1 saturated carbocycles. The number of ether oxygens (including phenoxy) is 1. The number of rotatable bonds is 8. The number of carboxylic acid groups (broad SMARTS) is 1. The van der Waals surface area contributed by atoms with Crippen molar-refractivity contribution in [2.45, 2.75) is 32.5 Å². The lowest BCUT2D eigenvalue weighted by Gasteiger charge is -2.32. The van der Waals surface area contributed by atoms with Gasteiger partial charge in [0.25, 0.3) is 0 Å². The van der Waals surface area contributed by atoms with E-state index in [1.807, 2.05) is 49.4 Å². The first-order chi connectivity index (χ1) is 17.9. The molecule has 1 atom stereocenters. The number of carbonyl (C=O) groups is 1. The Bertz CT molecular complexity index is 1380. The van der Waals surface area contributed by atoms with Crippen LogP contribution in [0.5, 0.6) is 5.75 Å². The minimum absolute atomic E-state index is 0.153. The van der Waals surface area contributed by atoms with Crippen LogP contribution in [-0.2, 0) is 4.79 Å². The van der Waals surface area contributed by atoms with Crippen LogP contribution in [0.2, 0.25) is 0 Å². The summed E-state index contributed by atoms with van der Waals surface area (Å²) in [7, 11) is 0. The molecule has 1 unspecified atom stereocenters. The fourth-order valence-electron chi connectivity index (χ4n) is 4.89. The van der Waals surface area contributed by atoms with Gasteiger partial charge < -0.3 is 15.3 Å². The van der Waals surface area contributed by atoms with Crippen molar-refractivity contribution in [2.75, 3.05) is 12.0 Å². The third kappa shape index (κ3) is 5.13. The van der Waals surface area contributed by atoms with Crippen LogP contribution in [0.4, 0.5) is 14.5 Å². The van der Waals surface area contributed by atoms with E-state index in [0.29, 0.717) is 29.2 Å². The van der Waals surface area contributed by atoms with Crippen LogP contribution in [0.25, 0.3) is 17.2 Å². The van der Waals surface area contributed by atoms with Gasteiger partial charge in [-0.05, 0) is 83.9 Å². The second-order valence-corrected chi connectivity index (χ2v) is 9.22. The molecule has 5 rings (SSSR count). The molecule has 3 aromatic rings. The van der Waals surface area contributed by atoms with Crippen LogP contribution in [0, 0.1) is 11.7 Å². The smallest absolute Gasteiger partial charge is 0.328 e. The van der Waals surface area contributed by atoms with E-state index < -0.39 is 12.3 Å². The van der Waals surface area contributed by atoms with Crippen molar-refractivity contribution in [3.05, 3.63) is 100 Å².